The molecule has 1 aliphatic carbocycles. The lowest BCUT2D eigenvalue weighted by atomic mass is 9.72. The Morgan fingerprint density at radius 2 is 1.67 bits per heavy atom. The van der Waals surface area contributed by atoms with Crippen LogP contribution >= 0.6 is 0 Å². The van der Waals surface area contributed by atoms with Crippen molar-refractivity contribution in [3.63, 3.8) is 0 Å². The molecular formula is C25H25NO4. The number of benzene rings is 2. The first-order valence-electron chi connectivity index (χ1n) is 10.0. The van der Waals surface area contributed by atoms with Crippen LogP contribution in [0.3, 0.4) is 0 Å². The molecule has 5 heteroatoms. The maximum absolute atomic E-state index is 13.4. The number of Topliss-reactive ketones (excluding diaryl/α,β-unsaturated/α-hetero) is 1. The summed E-state index contributed by atoms with van der Waals surface area (Å²) in [5.41, 5.74) is 4.79. The fraction of sp³-hybridized carbons (Fsp3) is 0.280. The molecule has 0 unspecified atom stereocenters. The number of ether oxygens (including phenoxy) is 2. The molecule has 0 bridgehead atoms. The second-order valence-electron chi connectivity index (χ2n) is 7.69. The van der Waals surface area contributed by atoms with E-state index >= 15 is 0 Å². The van der Waals surface area contributed by atoms with Gasteiger partial charge in [0.15, 0.2) is 5.78 Å². The minimum absolute atomic E-state index is 0.0623. The Kier molecular flexibility index (Phi) is 5.44. The molecule has 5 nitrogen and oxygen atoms in total. The molecule has 1 aliphatic heterocycles. The zero-order valence-electron chi connectivity index (χ0n) is 17.4. The number of carbonyl (C=O) groups excluding carboxylic acids is 2. The van der Waals surface area contributed by atoms with Gasteiger partial charge in [-0.05, 0) is 42.5 Å². The molecule has 154 valence electrons. The Bertz CT molecular complexity index is 1030. The highest BCUT2D eigenvalue weighted by atomic mass is 16.5. The Morgan fingerprint density at radius 3 is 2.30 bits per heavy atom. The fourth-order valence-electron chi connectivity index (χ4n) is 4.51. The number of ketones is 1. The number of methoxy groups -OCH3 is 2. The molecule has 2 aromatic carbocycles. The Hall–Kier alpha value is -3.34. The minimum Gasteiger partial charge on any atom is -0.497 e. The molecule has 0 saturated heterocycles. The van der Waals surface area contributed by atoms with Crippen LogP contribution in [0.25, 0.3) is 0 Å². The van der Waals surface area contributed by atoms with Crippen molar-refractivity contribution in [3.05, 3.63) is 88.3 Å². The first kappa shape index (κ1) is 20.0. The molecule has 0 radical (unpaired) electrons. The molecular weight excluding hydrogens is 378 g/mol. The number of allylic oxidation sites excluding steroid dienone is 3. The van der Waals surface area contributed by atoms with Crippen LogP contribution in [0, 0.1) is 0 Å². The second kappa shape index (κ2) is 8.19. The maximum Gasteiger partial charge on any atom is 0.336 e. The Labute approximate surface area is 176 Å². The normalized spacial score (nSPS) is 21.1. The van der Waals surface area contributed by atoms with Gasteiger partial charge < -0.3 is 14.8 Å². The van der Waals surface area contributed by atoms with Gasteiger partial charge in [-0.2, -0.15) is 0 Å². The molecule has 0 aromatic heterocycles. The van der Waals surface area contributed by atoms with E-state index in [0.29, 0.717) is 17.6 Å². The predicted molar refractivity (Wildman–Crippen MR) is 114 cm³/mol. The van der Waals surface area contributed by atoms with E-state index in [1.165, 1.54) is 7.11 Å². The van der Waals surface area contributed by atoms with Gasteiger partial charge in [-0.1, -0.05) is 42.5 Å². The average molecular weight is 403 g/mol. The SMILES string of the molecule is COC(=O)C1=C(C)NC2=C(C(=O)C[C@@H](c3ccccc3)C2)[C@H]1c1ccc(OC)cc1. The number of hydrogen-bond acceptors (Lipinski definition) is 5. The van der Waals surface area contributed by atoms with Crippen molar-refractivity contribution in [3.8, 4) is 5.75 Å². The molecule has 4 rings (SSSR count). The van der Waals surface area contributed by atoms with Gasteiger partial charge in [0, 0.05) is 29.3 Å². The number of esters is 1. The lowest BCUT2D eigenvalue weighted by Gasteiger charge is -2.36. The van der Waals surface area contributed by atoms with E-state index in [1.807, 2.05) is 49.4 Å². The summed E-state index contributed by atoms with van der Waals surface area (Å²) < 4.78 is 10.3. The quantitative estimate of drug-likeness (QED) is 0.774. The predicted octanol–water partition coefficient (Wildman–Crippen LogP) is 4.23. The summed E-state index contributed by atoms with van der Waals surface area (Å²) in [5, 5.41) is 3.35. The van der Waals surface area contributed by atoms with E-state index in [1.54, 1.807) is 7.11 Å². The van der Waals surface area contributed by atoms with Crippen molar-refractivity contribution in [2.24, 2.45) is 0 Å². The third-order valence-electron chi connectivity index (χ3n) is 5.95. The van der Waals surface area contributed by atoms with Crippen LogP contribution in [0.15, 0.2) is 77.1 Å². The van der Waals surface area contributed by atoms with E-state index < -0.39 is 11.9 Å². The summed E-state index contributed by atoms with van der Waals surface area (Å²) in [7, 11) is 2.98. The third-order valence-corrected chi connectivity index (χ3v) is 5.95. The topological polar surface area (TPSA) is 64.6 Å². The standard InChI is InChI=1S/C25H25NO4/c1-15-22(25(28)30-3)23(17-9-11-19(29-2)12-10-17)24-20(26-15)13-18(14-21(24)27)16-7-5-4-6-8-16/h4-12,18,23,26H,13-14H2,1-3H3/t18-,23-/m0/s1. The van der Waals surface area contributed by atoms with Crippen molar-refractivity contribution in [1.29, 1.82) is 0 Å². The Balaban J connectivity index is 1.80. The van der Waals surface area contributed by atoms with Gasteiger partial charge >= 0.3 is 5.97 Å². The highest BCUT2D eigenvalue weighted by molar-refractivity contribution is 6.04. The summed E-state index contributed by atoms with van der Waals surface area (Å²) in [6.45, 7) is 1.86. The second-order valence-corrected chi connectivity index (χ2v) is 7.69. The van der Waals surface area contributed by atoms with Crippen LogP contribution in [0.2, 0.25) is 0 Å². The number of rotatable bonds is 4. The van der Waals surface area contributed by atoms with Crippen LogP contribution in [0.4, 0.5) is 0 Å². The van der Waals surface area contributed by atoms with E-state index in [-0.39, 0.29) is 11.7 Å². The zero-order valence-corrected chi connectivity index (χ0v) is 17.4. The molecule has 0 fully saturated rings. The van der Waals surface area contributed by atoms with Gasteiger partial charge in [0.1, 0.15) is 5.75 Å². The molecule has 2 aliphatic rings. The molecule has 0 spiro atoms. The van der Waals surface area contributed by atoms with Gasteiger partial charge in [0.05, 0.1) is 19.8 Å². The van der Waals surface area contributed by atoms with E-state index in [4.69, 9.17) is 9.47 Å². The van der Waals surface area contributed by atoms with Crippen LogP contribution in [-0.4, -0.2) is 26.0 Å². The monoisotopic (exact) mass is 403 g/mol. The molecule has 2 atom stereocenters. The molecule has 1 heterocycles. The van der Waals surface area contributed by atoms with E-state index in [0.717, 1.165) is 34.7 Å². The largest absolute Gasteiger partial charge is 0.497 e. The highest BCUT2D eigenvalue weighted by Gasteiger charge is 2.41. The van der Waals surface area contributed by atoms with Gasteiger partial charge in [0.2, 0.25) is 0 Å². The van der Waals surface area contributed by atoms with Crippen LogP contribution in [-0.2, 0) is 14.3 Å². The average Bonchev–Trinajstić information content (AvgIpc) is 2.78. The van der Waals surface area contributed by atoms with E-state index in [9.17, 15) is 9.59 Å². The molecule has 30 heavy (non-hydrogen) atoms. The molecule has 1 N–H and O–H groups in total. The first-order valence-corrected chi connectivity index (χ1v) is 10.0. The number of carbonyl (C=O) groups is 2. The lowest BCUT2D eigenvalue weighted by molar-refractivity contribution is -0.136. The summed E-state index contributed by atoms with van der Waals surface area (Å²) in [6.07, 6.45) is 1.15. The van der Waals surface area contributed by atoms with Crippen molar-refractivity contribution in [2.45, 2.75) is 31.6 Å². The van der Waals surface area contributed by atoms with Gasteiger partial charge in [-0.25, -0.2) is 4.79 Å². The lowest BCUT2D eigenvalue weighted by Crippen LogP contribution is -2.36. The van der Waals surface area contributed by atoms with E-state index in [2.05, 4.69) is 17.4 Å². The molecule has 2 aromatic rings. The summed E-state index contributed by atoms with van der Waals surface area (Å²) in [5.74, 6) is 0.0248. The summed E-state index contributed by atoms with van der Waals surface area (Å²) in [6, 6.07) is 17.6. The summed E-state index contributed by atoms with van der Waals surface area (Å²) in [4.78, 5) is 26.1. The first-order chi connectivity index (χ1) is 14.5. The van der Waals surface area contributed by atoms with Crippen molar-refractivity contribution in [1.82, 2.24) is 5.32 Å². The number of nitrogens with one attached hydrogen (secondary N) is 1. The molecule has 0 amide bonds. The van der Waals surface area contributed by atoms with Crippen LogP contribution in [0.5, 0.6) is 5.75 Å². The summed E-state index contributed by atoms with van der Waals surface area (Å²) >= 11 is 0. The Morgan fingerprint density at radius 1 is 0.967 bits per heavy atom. The maximum atomic E-state index is 13.4. The number of hydrogen-bond donors (Lipinski definition) is 1. The van der Waals surface area contributed by atoms with Gasteiger partial charge in [0.25, 0.3) is 0 Å². The third kappa shape index (κ3) is 3.52. The van der Waals surface area contributed by atoms with Gasteiger partial charge in [-0.3, -0.25) is 4.79 Å². The smallest absolute Gasteiger partial charge is 0.336 e. The van der Waals surface area contributed by atoms with Crippen molar-refractivity contribution >= 4 is 11.8 Å². The van der Waals surface area contributed by atoms with Crippen LogP contribution < -0.4 is 10.1 Å². The number of dihydropyridines is 1. The molecule has 0 saturated carbocycles. The fourth-order valence-corrected chi connectivity index (χ4v) is 4.51. The van der Waals surface area contributed by atoms with Gasteiger partial charge in [-0.15, -0.1) is 0 Å². The van der Waals surface area contributed by atoms with Crippen molar-refractivity contribution < 1.29 is 19.1 Å². The van der Waals surface area contributed by atoms with Crippen LogP contribution in [0.1, 0.15) is 42.7 Å². The minimum atomic E-state index is -0.455. The highest BCUT2D eigenvalue weighted by Crippen LogP contribution is 2.45. The van der Waals surface area contributed by atoms with Crippen molar-refractivity contribution in [2.75, 3.05) is 14.2 Å². The zero-order chi connectivity index (χ0) is 21.3.